The first-order valence-corrected chi connectivity index (χ1v) is 8.76. The van der Waals surface area contributed by atoms with Crippen molar-refractivity contribution in [2.45, 2.75) is 12.5 Å². The van der Waals surface area contributed by atoms with E-state index in [1.54, 1.807) is 6.20 Å². The van der Waals surface area contributed by atoms with Crippen LogP contribution in [-0.4, -0.2) is 50.5 Å². The fourth-order valence-electron chi connectivity index (χ4n) is 2.72. The van der Waals surface area contributed by atoms with E-state index in [0.717, 1.165) is 60.5 Å². The molecule has 6 heteroatoms. The van der Waals surface area contributed by atoms with E-state index in [2.05, 4.69) is 33.1 Å². The summed E-state index contributed by atoms with van der Waals surface area (Å²) in [5.74, 6) is 0. The van der Waals surface area contributed by atoms with Crippen molar-refractivity contribution in [3.05, 3.63) is 42.2 Å². The highest BCUT2D eigenvalue weighted by atomic mass is 15.0. The summed E-state index contributed by atoms with van der Waals surface area (Å²) in [6.45, 7) is 3.74. The molecule has 0 bridgehead atoms. The number of pyridine rings is 1. The van der Waals surface area contributed by atoms with Crippen LogP contribution in [0.5, 0.6) is 0 Å². The van der Waals surface area contributed by atoms with Gasteiger partial charge in [0.25, 0.3) is 0 Å². The first-order chi connectivity index (χ1) is 12.3. The van der Waals surface area contributed by atoms with Crippen LogP contribution in [0.15, 0.2) is 41.5 Å². The summed E-state index contributed by atoms with van der Waals surface area (Å²) in [6, 6.07) is 10.6. The summed E-state index contributed by atoms with van der Waals surface area (Å²) >= 11 is 0. The van der Waals surface area contributed by atoms with E-state index in [-0.39, 0.29) is 0 Å². The van der Waals surface area contributed by atoms with Gasteiger partial charge < -0.3 is 21.7 Å². The van der Waals surface area contributed by atoms with Crippen LogP contribution < -0.4 is 21.7 Å². The van der Waals surface area contributed by atoms with Crippen molar-refractivity contribution in [1.29, 1.82) is 0 Å². The lowest BCUT2D eigenvalue weighted by Gasteiger charge is -2.22. The number of nitrogens with one attached hydrogen (secondary N) is 3. The van der Waals surface area contributed by atoms with E-state index in [1.807, 2.05) is 31.5 Å². The van der Waals surface area contributed by atoms with Crippen LogP contribution in [0.3, 0.4) is 0 Å². The predicted molar refractivity (Wildman–Crippen MR) is 106 cm³/mol. The van der Waals surface area contributed by atoms with Gasteiger partial charge in [0, 0.05) is 48.7 Å². The molecule has 1 aliphatic rings. The van der Waals surface area contributed by atoms with E-state index >= 15 is 0 Å². The molecule has 0 unspecified atom stereocenters. The highest BCUT2D eigenvalue weighted by Gasteiger charge is 2.14. The number of rotatable bonds is 8. The summed E-state index contributed by atoms with van der Waals surface area (Å²) in [7, 11) is 1.97. The fourth-order valence-corrected chi connectivity index (χ4v) is 2.72. The van der Waals surface area contributed by atoms with Crippen LogP contribution >= 0.6 is 0 Å². The molecule has 0 saturated carbocycles. The monoisotopic (exact) mass is 338 g/mol. The molecule has 6 nitrogen and oxygen atoms in total. The Morgan fingerprint density at radius 1 is 1.36 bits per heavy atom. The van der Waals surface area contributed by atoms with Crippen molar-refractivity contribution in [2.24, 2.45) is 10.7 Å². The number of anilines is 1. The molecule has 1 aromatic heterocycles. The van der Waals surface area contributed by atoms with Crippen molar-refractivity contribution in [2.75, 3.05) is 38.5 Å². The average Bonchev–Trinajstić information content (AvgIpc) is 2.60. The minimum absolute atomic E-state index is 0.342. The van der Waals surface area contributed by atoms with Gasteiger partial charge in [-0.1, -0.05) is 18.2 Å². The zero-order valence-corrected chi connectivity index (χ0v) is 14.6. The third kappa shape index (κ3) is 4.35. The van der Waals surface area contributed by atoms with Gasteiger partial charge in [0.1, 0.15) is 0 Å². The Morgan fingerprint density at radius 3 is 2.92 bits per heavy atom. The number of nitrogens with two attached hydrogens (primary N) is 1. The maximum Gasteiger partial charge on any atom is 0.0760 e. The van der Waals surface area contributed by atoms with Crippen molar-refractivity contribution >= 4 is 28.4 Å². The molecule has 1 aliphatic heterocycles. The molecule has 0 atom stereocenters. The topological polar surface area (TPSA) is 87.4 Å². The lowest BCUT2D eigenvalue weighted by Crippen LogP contribution is -2.45. The molecule has 0 aliphatic carbocycles. The second kappa shape index (κ2) is 8.60. The van der Waals surface area contributed by atoms with Crippen LogP contribution in [0.2, 0.25) is 0 Å². The maximum atomic E-state index is 5.85. The molecule has 0 radical (unpaired) electrons. The van der Waals surface area contributed by atoms with Crippen molar-refractivity contribution < 1.29 is 0 Å². The third-order valence-corrected chi connectivity index (χ3v) is 4.29. The van der Waals surface area contributed by atoms with E-state index in [0.29, 0.717) is 6.04 Å². The molecular formula is C19H26N6. The Bertz CT molecular complexity index is 764. The van der Waals surface area contributed by atoms with E-state index < -0.39 is 0 Å². The number of allylic oxidation sites excluding steroid dienone is 1. The van der Waals surface area contributed by atoms with Gasteiger partial charge in [0.05, 0.1) is 17.3 Å². The highest BCUT2D eigenvalue weighted by Crippen LogP contribution is 2.25. The number of benzene rings is 1. The molecule has 1 fully saturated rings. The molecule has 132 valence electrons. The molecule has 5 N–H and O–H groups in total. The zero-order chi connectivity index (χ0) is 17.5. The molecule has 0 spiro atoms. The second-order valence-electron chi connectivity index (χ2n) is 6.17. The molecule has 2 heterocycles. The van der Waals surface area contributed by atoms with Gasteiger partial charge in [-0.25, -0.2) is 4.98 Å². The van der Waals surface area contributed by atoms with Gasteiger partial charge in [0.2, 0.25) is 0 Å². The van der Waals surface area contributed by atoms with Gasteiger partial charge in [-0.05, 0) is 32.1 Å². The average molecular weight is 338 g/mol. The number of hydrogen-bond donors (Lipinski definition) is 4. The van der Waals surface area contributed by atoms with Crippen LogP contribution in [0.1, 0.15) is 12.1 Å². The third-order valence-electron chi connectivity index (χ3n) is 4.29. The number of aliphatic imine (C=N–C) groups is 1. The smallest absolute Gasteiger partial charge is 0.0760 e. The number of nitrogens with zero attached hydrogens (tertiary/aromatic N) is 2. The van der Waals surface area contributed by atoms with Crippen molar-refractivity contribution in [3.63, 3.8) is 0 Å². The second-order valence-corrected chi connectivity index (χ2v) is 6.17. The molecule has 0 amide bonds. The van der Waals surface area contributed by atoms with Crippen LogP contribution in [-0.2, 0) is 0 Å². The fraction of sp³-hybridized carbons (Fsp3) is 0.368. The van der Waals surface area contributed by atoms with Gasteiger partial charge in [-0.2, -0.15) is 0 Å². The highest BCUT2D eigenvalue weighted by molar-refractivity contribution is 6.10. The molecule has 1 aromatic carbocycles. The van der Waals surface area contributed by atoms with Gasteiger partial charge in [-0.15, -0.1) is 0 Å². The standard InChI is InChI=1S/C19H26N6/c1-21-7-4-8-23-19-9-18(25-17-6-3-2-5-16(17)19)14(10-20)11-24-15-12-22-13-15/h2-3,5-6,9-11,15,21-22H,4,7-8,12-13,20H2,1H3,(H,23,25)/b14-10+,24-11?. The molecule has 3 rings (SSSR count). The van der Waals surface area contributed by atoms with E-state index in [9.17, 15) is 0 Å². The summed E-state index contributed by atoms with van der Waals surface area (Å²) in [6.07, 6.45) is 4.48. The summed E-state index contributed by atoms with van der Waals surface area (Å²) in [5.41, 5.74) is 9.56. The maximum absolute atomic E-state index is 5.85. The summed E-state index contributed by atoms with van der Waals surface area (Å²) in [4.78, 5) is 9.33. The first kappa shape index (κ1) is 17.4. The van der Waals surface area contributed by atoms with E-state index in [1.165, 1.54) is 0 Å². The minimum atomic E-state index is 0.342. The number of para-hydroxylation sites is 1. The Morgan fingerprint density at radius 2 is 2.20 bits per heavy atom. The first-order valence-electron chi connectivity index (χ1n) is 8.76. The summed E-state index contributed by atoms with van der Waals surface area (Å²) in [5, 5.41) is 11.0. The van der Waals surface area contributed by atoms with Gasteiger partial charge >= 0.3 is 0 Å². The SMILES string of the molecule is CNCCCNc1cc(/C(C=NC2CNC2)=C/N)nc2ccccc12. The van der Waals surface area contributed by atoms with Crippen LogP contribution in [0.25, 0.3) is 16.5 Å². The Balaban J connectivity index is 1.87. The number of hydrogen-bond acceptors (Lipinski definition) is 6. The quantitative estimate of drug-likeness (QED) is 0.434. The van der Waals surface area contributed by atoms with Crippen molar-refractivity contribution in [1.82, 2.24) is 15.6 Å². The lowest BCUT2D eigenvalue weighted by atomic mass is 10.1. The van der Waals surface area contributed by atoms with Gasteiger partial charge in [0.15, 0.2) is 0 Å². The molecule has 25 heavy (non-hydrogen) atoms. The summed E-state index contributed by atoms with van der Waals surface area (Å²) < 4.78 is 0. The Kier molecular flexibility index (Phi) is 5.98. The molecule has 2 aromatic rings. The van der Waals surface area contributed by atoms with E-state index in [4.69, 9.17) is 10.7 Å². The number of aromatic nitrogens is 1. The molecular weight excluding hydrogens is 312 g/mol. The lowest BCUT2D eigenvalue weighted by molar-refractivity contribution is 0.449. The van der Waals surface area contributed by atoms with Gasteiger partial charge in [-0.3, -0.25) is 4.99 Å². The zero-order valence-electron chi connectivity index (χ0n) is 14.6. The Labute approximate surface area is 148 Å². The minimum Gasteiger partial charge on any atom is -0.404 e. The normalized spacial score (nSPS) is 15.6. The van der Waals surface area contributed by atoms with Crippen LogP contribution in [0.4, 0.5) is 5.69 Å². The van der Waals surface area contributed by atoms with Crippen LogP contribution in [0, 0.1) is 0 Å². The number of fused-ring (bicyclic) bond motifs is 1. The van der Waals surface area contributed by atoms with Crippen molar-refractivity contribution in [3.8, 4) is 0 Å². The Hall–Kier alpha value is -2.44. The predicted octanol–water partition coefficient (Wildman–Crippen LogP) is 1.60. The molecule has 1 saturated heterocycles. The largest absolute Gasteiger partial charge is 0.404 e.